The highest BCUT2D eigenvalue weighted by Crippen LogP contribution is 2.48. The molecule has 14 heteroatoms. The zero-order chi connectivity index (χ0) is 29.4. The van der Waals surface area contributed by atoms with Crippen LogP contribution in [0.4, 0.5) is 4.39 Å². The fourth-order valence-corrected chi connectivity index (χ4v) is 5.72. The average molecular weight is 584 g/mol. The number of para-hydroxylation sites is 1. The number of hydrogen-bond acceptors (Lipinski definition) is 9. The van der Waals surface area contributed by atoms with Crippen LogP contribution in [0.1, 0.15) is 46.3 Å². The lowest BCUT2D eigenvalue weighted by Crippen LogP contribution is -2.40. The molecular weight excluding hydrogens is 548 g/mol. The van der Waals surface area contributed by atoms with E-state index in [1.165, 1.54) is 25.1 Å². The Hall–Kier alpha value is -3.09. The van der Waals surface area contributed by atoms with Gasteiger partial charge in [0.05, 0.1) is 18.9 Å². The molecule has 1 unspecified atom stereocenters. The van der Waals surface area contributed by atoms with Gasteiger partial charge in [0.25, 0.3) is 5.56 Å². The number of aliphatic hydroxyl groups excluding tert-OH is 1. The minimum Gasteiger partial charge on any atom is -0.464 e. The zero-order valence-electron chi connectivity index (χ0n) is 22.5. The van der Waals surface area contributed by atoms with Crippen LogP contribution >= 0.6 is 7.75 Å². The standard InChI is InChI=1S/C26H35FN3O9P/c1-5-17(6-2)15-36-25(33)16(4)29-40(35,38-18-11-9-8-10-12-18)39-21(7-3)23-20(31)13-22(37-23)30-14-19(27)24(32)28-26(30)34/h7-12,14,16-17,20-23,31H,3,5-6,13,15H2,1-2,4H3,(H,29,35)(H,28,32,34)/t16-,20?,21+,22+,23-,40+/m0/s1. The fourth-order valence-electron chi connectivity index (χ4n) is 4.05. The molecule has 220 valence electrons. The van der Waals surface area contributed by atoms with Crippen molar-refractivity contribution in [2.75, 3.05) is 6.61 Å². The lowest BCUT2D eigenvalue weighted by molar-refractivity contribution is -0.146. The molecule has 2 aromatic rings. The van der Waals surface area contributed by atoms with Crippen LogP contribution in [-0.4, -0.2) is 51.6 Å². The number of carbonyl (C=O) groups is 1. The van der Waals surface area contributed by atoms with E-state index in [9.17, 15) is 28.4 Å². The van der Waals surface area contributed by atoms with Crippen LogP contribution in [0.15, 0.2) is 58.8 Å². The number of aliphatic hydroxyl groups is 1. The Morgan fingerprint density at radius 2 is 2.00 bits per heavy atom. The second-order valence-corrected chi connectivity index (χ2v) is 11.0. The molecular formula is C26H35FN3O9P. The first-order valence-electron chi connectivity index (χ1n) is 12.9. The van der Waals surface area contributed by atoms with E-state index < -0.39 is 61.4 Å². The third kappa shape index (κ3) is 7.98. The summed E-state index contributed by atoms with van der Waals surface area (Å²) in [6.45, 7) is 9.29. The van der Waals surface area contributed by atoms with Crippen molar-refractivity contribution in [3.05, 3.63) is 75.8 Å². The first kappa shape index (κ1) is 31.4. The van der Waals surface area contributed by atoms with Crippen molar-refractivity contribution in [3.8, 4) is 5.75 Å². The normalized spacial score (nSPS) is 21.9. The summed E-state index contributed by atoms with van der Waals surface area (Å²) in [5, 5.41) is 13.3. The summed E-state index contributed by atoms with van der Waals surface area (Å²) in [6, 6.07) is 6.97. The van der Waals surface area contributed by atoms with Crippen LogP contribution in [0.3, 0.4) is 0 Å². The summed E-state index contributed by atoms with van der Waals surface area (Å²) in [7, 11) is -4.37. The zero-order valence-corrected chi connectivity index (χ0v) is 23.4. The predicted octanol–water partition coefficient (Wildman–Crippen LogP) is 3.04. The van der Waals surface area contributed by atoms with Crippen molar-refractivity contribution >= 4 is 13.7 Å². The minimum atomic E-state index is -4.37. The van der Waals surface area contributed by atoms with Crippen LogP contribution in [0.25, 0.3) is 0 Å². The minimum absolute atomic E-state index is 0.166. The van der Waals surface area contributed by atoms with E-state index >= 15 is 0 Å². The van der Waals surface area contributed by atoms with Gasteiger partial charge in [0.15, 0.2) is 0 Å². The Bertz CT molecular complexity index is 1310. The van der Waals surface area contributed by atoms with Crippen molar-refractivity contribution in [1.82, 2.24) is 14.6 Å². The second-order valence-electron chi connectivity index (χ2n) is 9.37. The van der Waals surface area contributed by atoms with Gasteiger partial charge in [-0.3, -0.25) is 23.7 Å². The molecule has 1 aliphatic rings. The molecule has 0 saturated carbocycles. The monoisotopic (exact) mass is 583 g/mol. The Kier molecular flexibility index (Phi) is 11.0. The van der Waals surface area contributed by atoms with E-state index in [1.807, 2.05) is 18.8 Å². The first-order chi connectivity index (χ1) is 19.0. The molecule has 6 atom stereocenters. The van der Waals surface area contributed by atoms with E-state index in [2.05, 4.69) is 11.7 Å². The van der Waals surface area contributed by atoms with Gasteiger partial charge < -0.3 is 19.1 Å². The smallest absolute Gasteiger partial charge is 0.460 e. The highest BCUT2D eigenvalue weighted by molar-refractivity contribution is 7.52. The van der Waals surface area contributed by atoms with Gasteiger partial charge in [-0.15, -0.1) is 6.58 Å². The Morgan fingerprint density at radius 3 is 2.62 bits per heavy atom. The Morgan fingerprint density at radius 1 is 1.32 bits per heavy atom. The van der Waals surface area contributed by atoms with Gasteiger partial charge in [-0.25, -0.2) is 9.36 Å². The van der Waals surface area contributed by atoms with Gasteiger partial charge >= 0.3 is 19.4 Å². The second kappa shape index (κ2) is 14.0. The Balaban J connectivity index is 1.81. The van der Waals surface area contributed by atoms with E-state index in [4.69, 9.17) is 18.5 Å². The molecule has 1 aliphatic heterocycles. The van der Waals surface area contributed by atoms with E-state index in [-0.39, 0.29) is 24.7 Å². The van der Waals surface area contributed by atoms with E-state index in [0.717, 1.165) is 17.4 Å². The van der Waals surface area contributed by atoms with Crippen molar-refractivity contribution in [3.63, 3.8) is 0 Å². The lowest BCUT2D eigenvalue weighted by atomic mass is 10.1. The number of hydrogen-bond donors (Lipinski definition) is 3. The molecule has 0 radical (unpaired) electrons. The molecule has 0 amide bonds. The summed E-state index contributed by atoms with van der Waals surface area (Å²) in [5.74, 6) is -1.53. The molecule has 1 aromatic heterocycles. The number of halogens is 1. The maximum atomic E-state index is 14.0. The third-order valence-corrected chi connectivity index (χ3v) is 8.15. The van der Waals surface area contributed by atoms with Gasteiger partial charge in [-0.2, -0.15) is 9.48 Å². The molecule has 12 nitrogen and oxygen atoms in total. The number of benzene rings is 1. The highest BCUT2D eigenvalue weighted by Gasteiger charge is 2.44. The van der Waals surface area contributed by atoms with Crippen LogP contribution in [0, 0.1) is 11.7 Å². The van der Waals surface area contributed by atoms with Crippen LogP contribution in [0.5, 0.6) is 5.75 Å². The number of aromatic nitrogens is 2. The number of esters is 1. The summed E-state index contributed by atoms with van der Waals surface area (Å²) < 4.78 is 51.2. The molecule has 3 rings (SSSR count). The number of aromatic amines is 1. The van der Waals surface area contributed by atoms with Gasteiger partial charge in [0.1, 0.15) is 30.2 Å². The first-order valence-corrected chi connectivity index (χ1v) is 14.5. The van der Waals surface area contributed by atoms with Crippen molar-refractivity contribution < 1.29 is 37.4 Å². The molecule has 0 aliphatic carbocycles. The molecule has 0 spiro atoms. The van der Waals surface area contributed by atoms with Crippen molar-refractivity contribution in [2.45, 2.75) is 70.6 Å². The van der Waals surface area contributed by atoms with Gasteiger partial charge in [-0.05, 0) is 25.0 Å². The number of rotatable bonds is 14. The number of H-pyrrole nitrogens is 1. The highest BCUT2D eigenvalue weighted by atomic mass is 31.2. The average Bonchev–Trinajstić information content (AvgIpc) is 3.31. The predicted molar refractivity (Wildman–Crippen MR) is 143 cm³/mol. The topological polar surface area (TPSA) is 158 Å². The number of ether oxygens (including phenoxy) is 2. The molecule has 0 bridgehead atoms. The Labute approximate surface area is 230 Å². The quantitative estimate of drug-likeness (QED) is 0.171. The maximum Gasteiger partial charge on any atom is 0.460 e. The number of nitrogens with zero attached hydrogens (tertiary/aromatic N) is 1. The van der Waals surface area contributed by atoms with Gasteiger partial charge in [0.2, 0.25) is 5.82 Å². The van der Waals surface area contributed by atoms with Crippen LogP contribution in [0.2, 0.25) is 0 Å². The maximum absolute atomic E-state index is 14.0. The number of nitrogens with one attached hydrogen (secondary N) is 2. The molecule has 40 heavy (non-hydrogen) atoms. The van der Waals surface area contributed by atoms with Crippen LogP contribution in [-0.2, 0) is 23.4 Å². The SMILES string of the molecule is C=C[C@@H](O[P@@](=O)(N[C@@H](C)C(=O)OCC(CC)CC)Oc1ccccc1)[C@H]1O[C@@H](n2cc(F)c(=O)[nH]c2=O)CC1O. The molecule has 2 heterocycles. The summed E-state index contributed by atoms with van der Waals surface area (Å²) in [4.78, 5) is 38.1. The number of carbonyl (C=O) groups excluding carboxylic acids is 1. The fraction of sp³-hybridized carbons (Fsp3) is 0.500. The van der Waals surface area contributed by atoms with E-state index in [1.54, 1.807) is 18.2 Å². The largest absolute Gasteiger partial charge is 0.464 e. The molecule has 1 aromatic carbocycles. The van der Waals surface area contributed by atoms with Crippen molar-refractivity contribution in [2.24, 2.45) is 5.92 Å². The van der Waals surface area contributed by atoms with Crippen molar-refractivity contribution in [1.29, 1.82) is 0 Å². The van der Waals surface area contributed by atoms with Gasteiger partial charge in [0, 0.05) is 6.42 Å². The van der Waals surface area contributed by atoms with E-state index in [0.29, 0.717) is 6.20 Å². The lowest BCUT2D eigenvalue weighted by Gasteiger charge is -2.29. The van der Waals surface area contributed by atoms with Crippen LogP contribution < -0.4 is 20.9 Å². The van der Waals surface area contributed by atoms with Gasteiger partial charge in [-0.1, -0.05) is 51.0 Å². The third-order valence-electron chi connectivity index (χ3n) is 6.48. The molecule has 1 fully saturated rings. The summed E-state index contributed by atoms with van der Waals surface area (Å²) in [6.07, 6.45) is -1.60. The molecule has 1 saturated heterocycles. The summed E-state index contributed by atoms with van der Waals surface area (Å²) in [5.41, 5.74) is -2.14. The summed E-state index contributed by atoms with van der Waals surface area (Å²) >= 11 is 0. The molecule has 3 N–H and O–H groups in total.